The van der Waals surface area contributed by atoms with Crippen LogP contribution >= 0.6 is 0 Å². The molecular formula is C16H12F6O5. The molecule has 0 bridgehead atoms. The molecule has 0 fully saturated rings. The lowest BCUT2D eigenvalue weighted by atomic mass is 10.3. The van der Waals surface area contributed by atoms with Gasteiger partial charge in [-0.3, -0.25) is 4.79 Å². The lowest BCUT2D eigenvalue weighted by Gasteiger charge is -2.11. The summed E-state index contributed by atoms with van der Waals surface area (Å²) in [6.45, 7) is 1.09. The summed E-state index contributed by atoms with van der Waals surface area (Å²) in [6.07, 6.45) is -9.57. The largest absolute Gasteiger partial charge is 0.573 e. The maximum Gasteiger partial charge on any atom is 0.573 e. The molecule has 0 heterocycles. The van der Waals surface area contributed by atoms with Crippen molar-refractivity contribution in [1.82, 2.24) is 0 Å². The maximum absolute atomic E-state index is 11.9. The van der Waals surface area contributed by atoms with Crippen molar-refractivity contribution in [2.45, 2.75) is 19.6 Å². The van der Waals surface area contributed by atoms with Crippen molar-refractivity contribution >= 4 is 5.97 Å². The Kier molecular flexibility index (Phi) is 7.32. The number of rotatable bonds is 3. The fourth-order valence-corrected chi connectivity index (χ4v) is 1.57. The van der Waals surface area contributed by atoms with Crippen molar-refractivity contribution in [1.29, 1.82) is 0 Å². The van der Waals surface area contributed by atoms with Gasteiger partial charge in [0, 0.05) is 6.92 Å². The first-order valence-corrected chi connectivity index (χ1v) is 6.94. The highest BCUT2D eigenvalue weighted by atomic mass is 19.4. The summed E-state index contributed by atoms with van der Waals surface area (Å²) < 4.78 is 82.1. The van der Waals surface area contributed by atoms with Crippen LogP contribution in [0.25, 0.3) is 0 Å². The van der Waals surface area contributed by atoms with Crippen LogP contribution in [0, 0.1) is 0 Å². The molecule has 2 rings (SSSR count). The minimum Gasteiger partial charge on any atom is -0.504 e. The molecule has 27 heavy (non-hydrogen) atoms. The smallest absolute Gasteiger partial charge is 0.504 e. The number of alkyl halides is 6. The zero-order valence-corrected chi connectivity index (χ0v) is 13.5. The Bertz CT molecular complexity index is 757. The number of carbonyl (C=O) groups excluding carboxylic acids is 1. The molecule has 5 nitrogen and oxygen atoms in total. The number of hydrogen-bond acceptors (Lipinski definition) is 5. The Labute approximate surface area is 148 Å². The first-order chi connectivity index (χ1) is 12.4. The van der Waals surface area contributed by atoms with Gasteiger partial charge < -0.3 is 19.3 Å². The van der Waals surface area contributed by atoms with Crippen molar-refractivity contribution in [3.63, 3.8) is 0 Å². The van der Waals surface area contributed by atoms with Crippen molar-refractivity contribution in [3.8, 4) is 23.0 Å². The Hall–Kier alpha value is -3.11. The normalized spacial score (nSPS) is 11.1. The van der Waals surface area contributed by atoms with Crippen LogP contribution in [-0.4, -0.2) is 23.8 Å². The lowest BCUT2D eigenvalue weighted by Crippen LogP contribution is -2.18. The Morgan fingerprint density at radius 1 is 0.778 bits per heavy atom. The molecule has 0 atom stereocenters. The van der Waals surface area contributed by atoms with Crippen LogP contribution in [0.15, 0.2) is 48.5 Å². The van der Waals surface area contributed by atoms with Gasteiger partial charge in [0.2, 0.25) is 0 Å². The monoisotopic (exact) mass is 398 g/mol. The van der Waals surface area contributed by atoms with Gasteiger partial charge in [-0.2, -0.15) is 0 Å². The molecule has 2 aromatic carbocycles. The first-order valence-electron chi connectivity index (χ1n) is 6.94. The third-order valence-corrected chi connectivity index (χ3v) is 2.42. The predicted molar refractivity (Wildman–Crippen MR) is 79.2 cm³/mol. The van der Waals surface area contributed by atoms with E-state index in [4.69, 9.17) is 5.11 Å². The number of esters is 1. The van der Waals surface area contributed by atoms with Gasteiger partial charge in [-0.15, -0.1) is 26.3 Å². The standard InChI is InChI=1S/C9H7F3O3.C7H5F3O2/c1-6(13)14-7-4-2-3-5-8(7)15-9(10,11)12;8-7(9,10)12-6-4-2-1-3-5(6)11/h2-5H,1H3;1-4,11H. The summed E-state index contributed by atoms with van der Waals surface area (Å²) in [4.78, 5) is 10.6. The molecule has 0 saturated heterocycles. The van der Waals surface area contributed by atoms with Crippen LogP contribution in [0.2, 0.25) is 0 Å². The average Bonchev–Trinajstić information content (AvgIpc) is 2.49. The van der Waals surface area contributed by atoms with E-state index in [0.717, 1.165) is 25.1 Å². The highest BCUT2D eigenvalue weighted by Gasteiger charge is 2.33. The molecule has 0 amide bonds. The number of phenols is 1. The second-order valence-corrected chi connectivity index (χ2v) is 4.60. The number of carbonyl (C=O) groups is 1. The molecule has 0 aromatic heterocycles. The van der Waals surface area contributed by atoms with Crippen molar-refractivity contribution in [2.75, 3.05) is 0 Å². The summed E-state index contributed by atoms with van der Waals surface area (Å²) in [5.74, 6) is -2.64. The second-order valence-electron chi connectivity index (χ2n) is 4.60. The van der Waals surface area contributed by atoms with Crippen LogP contribution < -0.4 is 14.2 Å². The zero-order chi connectivity index (χ0) is 20.7. The van der Waals surface area contributed by atoms with Gasteiger partial charge in [-0.25, -0.2) is 0 Å². The summed E-state index contributed by atoms with van der Waals surface area (Å²) in [7, 11) is 0. The van der Waals surface area contributed by atoms with Gasteiger partial charge in [-0.05, 0) is 24.3 Å². The number of para-hydroxylation sites is 4. The fourth-order valence-electron chi connectivity index (χ4n) is 1.57. The van der Waals surface area contributed by atoms with E-state index in [0.29, 0.717) is 0 Å². The summed E-state index contributed by atoms with van der Waals surface area (Å²) in [6, 6.07) is 9.92. The van der Waals surface area contributed by atoms with Crippen LogP contribution in [0.1, 0.15) is 6.92 Å². The molecule has 0 aliphatic heterocycles. The molecule has 11 heteroatoms. The number of hydrogen-bond donors (Lipinski definition) is 1. The van der Waals surface area contributed by atoms with Crippen LogP contribution in [0.5, 0.6) is 23.0 Å². The first kappa shape index (κ1) is 21.9. The van der Waals surface area contributed by atoms with E-state index in [1.165, 1.54) is 30.3 Å². The van der Waals surface area contributed by atoms with Crippen LogP contribution in [0.3, 0.4) is 0 Å². The highest BCUT2D eigenvalue weighted by Crippen LogP contribution is 2.32. The Balaban J connectivity index is 0.000000277. The third kappa shape index (κ3) is 9.23. The van der Waals surface area contributed by atoms with Gasteiger partial charge in [0.05, 0.1) is 0 Å². The fraction of sp³-hybridized carbons (Fsp3) is 0.188. The summed E-state index contributed by atoms with van der Waals surface area (Å²) in [5, 5.41) is 8.85. The SMILES string of the molecule is CC(=O)Oc1ccccc1OC(F)(F)F.Oc1ccccc1OC(F)(F)F. The van der Waals surface area contributed by atoms with Crippen LogP contribution in [-0.2, 0) is 4.79 Å². The minimum atomic E-state index is -4.81. The predicted octanol–water partition coefficient (Wildman–Crippen LogP) is 4.80. The van der Waals surface area contributed by atoms with Gasteiger partial charge in [0.1, 0.15) is 0 Å². The summed E-state index contributed by atoms with van der Waals surface area (Å²) in [5.41, 5.74) is 0. The van der Waals surface area contributed by atoms with Gasteiger partial charge >= 0.3 is 18.7 Å². The second kappa shape index (κ2) is 9.01. The number of ether oxygens (including phenoxy) is 3. The van der Waals surface area contributed by atoms with Crippen molar-refractivity contribution in [3.05, 3.63) is 48.5 Å². The number of aromatic hydroxyl groups is 1. The third-order valence-electron chi connectivity index (χ3n) is 2.42. The van der Waals surface area contributed by atoms with Gasteiger partial charge in [-0.1, -0.05) is 24.3 Å². The number of benzene rings is 2. The molecule has 0 aliphatic rings. The molecule has 0 saturated carbocycles. The quantitative estimate of drug-likeness (QED) is 0.457. The molecule has 0 aliphatic carbocycles. The highest BCUT2D eigenvalue weighted by molar-refractivity contribution is 5.70. The minimum absolute atomic E-state index is 0.262. The van der Waals surface area contributed by atoms with E-state index in [1.54, 1.807) is 0 Å². The van der Waals surface area contributed by atoms with E-state index in [9.17, 15) is 31.1 Å². The molecule has 1 N–H and O–H groups in total. The van der Waals surface area contributed by atoms with Crippen molar-refractivity contribution in [2.24, 2.45) is 0 Å². The van der Waals surface area contributed by atoms with E-state index in [1.807, 2.05) is 0 Å². The number of halogens is 6. The molecular weight excluding hydrogens is 386 g/mol. The Morgan fingerprint density at radius 3 is 1.63 bits per heavy atom. The molecule has 2 aromatic rings. The molecule has 148 valence electrons. The zero-order valence-electron chi connectivity index (χ0n) is 13.5. The average molecular weight is 398 g/mol. The topological polar surface area (TPSA) is 65.0 Å². The van der Waals surface area contributed by atoms with E-state index >= 15 is 0 Å². The van der Waals surface area contributed by atoms with Crippen LogP contribution in [0.4, 0.5) is 26.3 Å². The molecule has 0 radical (unpaired) electrons. The molecule has 0 unspecified atom stereocenters. The van der Waals surface area contributed by atoms with Gasteiger partial charge in [0.15, 0.2) is 23.0 Å². The van der Waals surface area contributed by atoms with E-state index < -0.39 is 35.9 Å². The lowest BCUT2D eigenvalue weighted by molar-refractivity contribution is -0.276. The number of phenolic OH excluding ortho intramolecular Hbond substituents is 1. The maximum atomic E-state index is 11.9. The summed E-state index contributed by atoms with van der Waals surface area (Å²) >= 11 is 0. The van der Waals surface area contributed by atoms with E-state index in [-0.39, 0.29) is 5.75 Å². The van der Waals surface area contributed by atoms with Gasteiger partial charge in [0.25, 0.3) is 0 Å². The van der Waals surface area contributed by atoms with Crippen molar-refractivity contribution < 1.29 is 50.5 Å². The molecule has 0 spiro atoms. The Morgan fingerprint density at radius 2 is 1.19 bits per heavy atom. The van der Waals surface area contributed by atoms with E-state index in [2.05, 4.69) is 14.2 Å².